The Hall–Kier alpha value is -2.61. The Bertz CT molecular complexity index is 1070. The summed E-state index contributed by atoms with van der Waals surface area (Å²) in [6, 6.07) is 20.2. The maximum Gasteiger partial charge on any atom is 0.341 e. The number of anilines is 1. The Morgan fingerprint density at radius 1 is 1.09 bits per heavy atom. The summed E-state index contributed by atoms with van der Waals surface area (Å²) >= 11 is 2.97. The fraction of sp³-hybridized carbons (Fsp3) is 0.280. The molecule has 0 fully saturated rings. The lowest BCUT2D eigenvalue weighted by Crippen LogP contribution is -2.30. The Balaban J connectivity index is 1.49. The van der Waals surface area contributed by atoms with Crippen molar-refractivity contribution in [3.63, 3.8) is 0 Å². The number of hydrogen-bond acceptors (Lipinski definition) is 6. The molecule has 32 heavy (non-hydrogen) atoms. The maximum atomic E-state index is 12.7. The van der Waals surface area contributed by atoms with Crippen molar-refractivity contribution in [2.75, 3.05) is 24.2 Å². The van der Waals surface area contributed by atoms with Crippen molar-refractivity contribution in [3.05, 3.63) is 82.2 Å². The van der Waals surface area contributed by atoms with E-state index in [4.69, 9.17) is 4.74 Å². The van der Waals surface area contributed by atoms with Gasteiger partial charge in [0.25, 0.3) is 0 Å². The van der Waals surface area contributed by atoms with E-state index in [9.17, 15) is 9.59 Å². The van der Waals surface area contributed by atoms with Crippen molar-refractivity contribution in [2.45, 2.75) is 31.3 Å². The van der Waals surface area contributed by atoms with E-state index in [2.05, 4.69) is 34.5 Å². The number of rotatable bonds is 8. The molecule has 0 saturated carbocycles. The summed E-state index contributed by atoms with van der Waals surface area (Å²) in [6.45, 7) is 4.59. The molecule has 1 amide bonds. The molecular weight excluding hydrogens is 440 g/mol. The van der Waals surface area contributed by atoms with Gasteiger partial charge >= 0.3 is 5.97 Å². The molecule has 1 aromatic heterocycles. The third kappa shape index (κ3) is 5.59. The number of benzene rings is 2. The Morgan fingerprint density at radius 2 is 1.81 bits per heavy atom. The molecule has 0 radical (unpaired) electrons. The predicted molar refractivity (Wildman–Crippen MR) is 130 cm³/mol. The van der Waals surface area contributed by atoms with Gasteiger partial charge in [0.15, 0.2) is 0 Å². The van der Waals surface area contributed by atoms with Crippen LogP contribution in [-0.4, -0.2) is 35.7 Å². The Labute approximate surface area is 196 Å². The summed E-state index contributed by atoms with van der Waals surface area (Å²) in [6.07, 6.45) is 0.765. The zero-order valence-electron chi connectivity index (χ0n) is 18.0. The molecule has 0 aliphatic carbocycles. The molecule has 2 aromatic carbocycles. The molecule has 0 bridgehead atoms. The van der Waals surface area contributed by atoms with E-state index in [1.165, 1.54) is 28.7 Å². The number of thioether (sulfide) groups is 1. The number of hydrogen-bond donors (Lipinski definition) is 1. The largest absolute Gasteiger partial charge is 0.462 e. The van der Waals surface area contributed by atoms with Gasteiger partial charge in [0, 0.05) is 29.4 Å². The first-order valence-corrected chi connectivity index (χ1v) is 12.5. The second kappa shape index (κ2) is 10.8. The lowest BCUT2D eigenvalue weighted by Gasteiger charge is -2.27. The van der Waals surface area contributed by atoms with Crippen LogP contribution in [0.15, 0.2) is 65.6 Å². The normalized spacial score (nSPS) is 13.4. The van der Waals surface area contributed by atoms with Gasteiger partial charge in [-0.15, -0.1) is 23.1 Å². The van der Waals surface area contributed by atoms with Crippen molar-refractivity contribution in [1.29, 1.82) is 0 Å². The van der Waals surface area contributed by atoms with Gasteiger partial charge in [0.1, 0.15) is 5.00 Å². The van der Waals surface area contributed by atoms with Crippen LogP contribution in [0, 0.1) is 0 Å². The quantitative estimate of drug-likeness (QED) is 0.365. The SMILES string of the molecule is CCOC(=O)c1c(NC(=O)CSc2ccccc2)sc2c1CCN(Cc1ccccc1)C2. The van der Waals surface area contributed by atoms with Gasteiger partial charge in [0.2, 0.25) is 5.91 Å². The van der Waals surface area contributed by atoms with Crippen LogP contribution in [0.25, 0.3) is 0 Å². The fourth-order valence-corrected chi connectivity index (χ4v) is 5.78. The number of nitrogens with zero attached hydrogens (tertiary/aromatic N) is 1. The number of carbonyl (C=O) groups is 2. The summed E-state index contributed by atoms with van der Waals surface area (Å²) < 4.78 is 5.32. The van der Waals surface area contributed by atoms with Crippen LogP contribution in [0.4, 0.5) is 5.00 Å². The second-order valence-corrected chi connectivity index (χ2v) is 9.68. The number of fused-ring (bicyclic) bond motifs is 1. The smallest absolute Gasteiger partial charge is 0.341 e. The van der Waals surface area contributed by atoms with Gasteiger partial charge in [-0.1, -0.05) is 48.5 Å². The molecule has 3 aromatic rings. The molecule has 5 nitrogen and oxygen atoms in total. The van der Waals surface area contributed by atoms with Gasteiger partial charge in [-0.05, 0) is 36.6 Å². The Kier molecular flexibility index (Phi) is 7.63. The summed E-state index contributed by atoms with van der Waals surface area (Å²) in [4.78, 5) is 29.9. The number of nitrogens with one attached hydrogen (secondary N) is 1. The lowest BCUT2D eigenvalue weighted by molar-refractivity contribution is -0.113. The molecule has 0 saturated heterocycles. The van der Waals surface area contributed by atoms with E-state index in [-0.39, 0.29) is 17.6 Å². The van der Waals surface area contributed by atoms with E-state index in [1.807, 2.05) is 36.4 Å². The molecule has 1 aliphatic rings. The summed E-state index contributed by atoms with van der Waals surface area (Å²) in [5.74, 6) is -0.189. The number of thiophene rings is 1. The van der Waals surface area contributed by atoms with Crippen LogP contribution in [0.2, 0.25) is 0 Å². The highest BCUT2D eigenvalue weighted by Gasteiger charge is 2.29. The van der Waals surface area contributed by atoms with E-state index < -0.39 is 0 Å². The third-order valence-electron chi connectivity index (χ3n) is 5.23. The van der Waals surface area contributed by atoms with Gasteiger partial charge in [-0.2, -0.15) is 0 Å². The van der Waals surface area contributed by atoms with E-state index in [0.717, 1.165) is 41.4 Å². The fourth-order valence-electron chi connectivity index (χ4n) is 3.77. The summed E-state index contributed by atoms with van der Waals surface area (Å²) in [7, 11) is 0. The number of amides is 1. The minimum atomic E-state index is -0.354. The predicted octanol–water partition coefficient (Wildman–Crippen LogP) is 5.21. The molecule has 166 valence electrons. The molecule has 1 N–H and O–H groups in total. The zero-order valence-corrected chi connectivity index (χ0v) is 19.6. The van der Waals surface area contributed by atoms with Gasteiger partial charge in [-0.3, -0.25) is 9.69 Å². The average Bonchev–Trinajstić information content (AvgIpc) is 3.16. The molecule has 2 heterocycles. The first-order chi connectivity index (χ1) is 15.6. The molecule has 0 spiro atoms. The number of esters is 1. The summed E-state index contributed by atoms with van der Waals surface area (Å²) in [5.41, 5.74) is 2.82. The van der Waals surface area contributed by atoms with Crippen LogP contribution >= 0.6 is 23.1 Å². The standard InChI is InChI=1S/C25H26N2O3S2/c1-2-30-25(29)23-20-13-14-27(15-18-9-5-3-6-10-18)16-21(20)32-24(23)26-22(28)17-31-19-11-7-4-8-12-19/h3-12H,2,13-17H2,1H3,(H,26,28). The average molecular weight is 467 g/mol. The first-order valence-electron chi connectivity index (χ1n) is 10.7. The molecule has 0 atom stereocenters. The lowest BCUT2D eigenvalue weighted by atomic mass is 10.0. The molecule has 4 rings (SSSR count). The van der Waals surface area contributed by atoms with Crippen LogP contribution in [-0.2, 0) is 29.0 Å². The van der Waals surface area contributed by atoms with Crippen LogP contribution < -0.4 is 5.32 Å². The molecule has 7 heteroatoms. The molecule has 1 aliphatic heterocycles. The third-order valence-corrected chi connectivity index (χ3v) is 7.37. The van der Waals surface area contributed by atoms with Crippen LogP contribution in [0.3, 0.4) is 0 Å². The van der Waals surface area contributed by atoms with Gasteiger partial charge in [0.05, 0.1) is 17.9 Å². The van der Waals surface area contributed by atoms with Crippen molar-refractivity contribution < 1.29 is 14.3 Å². The van der Waals surface area contributed by atoms with Crippen molar-refractivity contribution >= 4 is 40.0 Å². The monoisotopic (exact) mass is 466 g/mol. The highest BCUT2D eigenvalue weighted by Crippen LogP contribution is 2.38. The maximum absolute atomic E-state index is 12.7. The zero-order chi connectivity index (χ0) is 22.3. The second-order valence-electron chi connectivity index (χ2n) is 7.52. The minimum Gasteiger partial charge on any atom is -0.462 e. The summed E-state index contributed by atoms with van der Waals surface area (Å²) in [5, 5.41) is 3.59. The highest BCUT2D eigenvalue weighted by atomic mass is 32.2. The molecular formula is C25H26N2O3S2. The highest BCUT2D eigenvalue weighted by molar-refractivity contribution is 8.00. The minimum absolute atomic E-state index is 0.121. The van der Waals surface area contributed by atoms with Crippen molar-refractivity contribution in [1.82, 2.24) is 4.90 Å². The molecule has 0 unspecified atom stereocenters. The van der Waals surface area contributed by atoms with E-state index in [1.54, 1.807) is 6.92 Å². The van der Waals surface area contributed by atoms with Gasteiger partial charge < -0.3 is 10.1 Å². The Morgan fingerprint density at radius 3 is 2.53 bits per heavy atom. The van der Waals surface area contributed by atoms with Crippen LogP contribution in [0.5, 0.6) is 0 Å². The first kappa shape index (κ1) is 22.6. The topological polar surface area (TPSA) is 58.6 Å². The van der Waals surface area contributed by atoms with Gasteiger partial charge in [-0.25, -0.2) is 4.79 Å². The number of ether oxygens (including phenoxy) is 1. The van der Waals surface area contributed by atoms with Crippen LogP contribution in [0.1, 0.15) is 33.3 Å². The van der Waals surface area contributed by atoms with E-state index >= 15 is 0 Å². The van der Waals surface area contributed by atoms with E-state index in [0.29, 0.717) is 17.2 Å². The number of carbonyl (C=O) groups excluding carboxylic acids is 2. The van der Waals surface area contributed by atoms with Crippen molar-refractivity contribution in [3.8, 4) is 0 Å². The van der Waals surface area contributed by atoms with Crippen molar-refractivity contribution in [2.24, 2.45) is 0 Å².